The maximum absolute atomic E-state index is 13.5. The van der Waals surface area contributed by atoms with Crippen LogP contribution in [0.3, 0.4) is 0 Å². The van der Waals surface area contributed by atoms with Crippen LogP contribution in [0.25, 0.3) is 21.9 Å². The van der Waals surface area contributed by atoms with Crippen LogP contribution >= 0.6 is 0 Å². The maximum atomic E-state index is 13.5. The monoisotopic (exact) mass is 394 g/mol. The first-order valence-electron chi connectivity index (χ1n) is 9.56. The average molecular weight is 394 g/mol. The van der Waals surface area contributed by atoms with Gasteiger partial charge in [0, 0.05) is 0 Å². The van der Waals surface area contributed by atoms with Crippen LogP contribution in [0.2, 0.25) is 0 Å². The molecular formula is C25H14O5. The van der Waals surface area contributed by atoms with Gasteiger partial charge in [-0.15, -0.1) is 0 Å². The predicted octanol–water partition coefficient (Wildman–Crippen LogP) is 5.19. The Labute approximate surface area is 169 Å². The van der Waals surface area contributed by atoms with E-state index in [9.17, 15) is 9.59 Å². The molecule has 3 heterocycles. The van der Waals surface area contributed by atoms with E-state index in [0.717, 1.165) is 5.56 Å². The Balaban J connectivity index is 1.77. The van der Waals surface area contributed by atoms with Crippen molar-refractivity contribution >= 4 is 21.9 Å². The van der Waals surface area contributed by atoms with Crippen molar-refractivity contribution in [3.8, 4) is 11.9 Å². The molecule has 0 bridgehead atoms. The standard InChI is InChI=1S/C25H14O5/c26-22-15-10-4-6-12-17(15)28-24-20(22)19(14-8-2-1-3-9-14)21-23(27)16-11-5-7-13-18(16)29-25(21)30-24/h1-13,19H. The summed E-state index contributed by atoms with van der Waals surface area (Å²) in [5.74, 6) is -0.552. The van der Waals surface area contributed by atoms with Crippen LogP contribution in [-0.4, -0.2) is 0 Å². The molecule has 6 rings (SSSR count). The van der Waals surface area contributed by atoms with Crippen molar-refractivity contribution in [1.29, 1.82) is 0 Å². The highest BCUT2D eigenvalue weighted by Crippen LogP contribution is 2.46. The van der Waals surface area contributed by atoms with E-state index < -0.39 is 5.92 Å². The summed E-state index contributed by atoms with van der Waals surface area (Å²) in [6, 6.07) is 23.4. The lowest BCUT2D eigenvalue weighted by molar-refractivity contribution is 0.266. The molecule has 1 aliphatic heterocycles. The molecule has 0 aliphatic carbocycles. The van der Waals surface area contributed by atoms with Crippen molar-refractivity contribution in [2.24, 2.45) is 0 Å². The Hall–Kier alpha value is -4.12. The van der Waals surface area contributed by atoms with E-state index >= 15 is 0 Å². The molecule has 0 N–H and O–H groups in total. The minimum absolute atomic E-state index is 0.0542. The van der Waals surface area contributed by atoms with Gasteiger partial charge in [0.15, 0.2) is 0 Å². The van der Waals surface area contributed by atoms with Crippen molar-refractivity contribution in [2.45, 2.75) is 5.92 Å². The fourth-order valence-corrected chi connectivity index (χ4v) is 4.13. The first-order valence-corrected chi connectivity index (χ1v) is 9.56. The van der Waals surface area contributed by atoms with Gasteiger partial charge in [-0.3, -0.25) is 9.59 Å². The SMILES string of the molecule is O=c1c2c(oc3ccccc13)Oc1oc3ccccc3c(=O)c1C2c1ccccc1. The molecule has 0 fully saturated rings. The van der Waals surface area contributed by atoms with Crippen molar-refractivity contribution in [3.05, 3.63) is 116 Å². The summed E-state index contributed by atoms with van der Waals surface area (Å²) in [5, 5.41) is 0.879. The topological polar surface area (TPSA) is 69.7 Å². The van der Waals surface area contributed by atoms with E-state index in [1.807, 2.05) is 30.3 Å². The number of fused-ring (bicyclic) bond motifs is 4. The van der Waals surface area contributed by atoms with Crippen LogP contribution < -0.4 is 15.6 Å². The number of rotatable bonds is 1. The van der Waals surface area contributed by atoms with Gasteiger partial charge in [-0.05, 0) is 29.8 Å². The third-order valence-corrected chi connectivity index (χ3v) is 5.49. The molecule has 5 heteroatoms. The van der Waals surface area contributed by atoms with Crippen molar-refractivity contribution < 1.29 is 13.6 Å². The lowest BCUT2D eigenvalue weighted by Gasteiger charge is -2.25. The van der Waals surface area contributed by atoms with Crippen LogP contribution in [0, 0.1) is 0 Å². The third kappa shape index (κ3) is 2.29. The first kappa shape index (κ1) is 16.8. The molecule has 1 aliphatic rings. The number of hydrogen-bond donors (Lipinski definition) is 0. The molecule has 0 amide bonds. The second kappa shape index (κ2) is 6.19. The van der Waals surface area contributed by atoms with E-state index in [4.69, 9.17) is 13.6 Å². The molecule has 30 heavy (non-hydrogen) atoms. The van der Waals surface area contributed by atoms with Gasteiger partial charge in [0.25, 0.3) is 0 Å². The van der Waals surface area contributed by atoms with Crippen LogP contribution in [-0.2, 0) is 0 Å². The molecule has 0 saturated carbocycles. The number of benzene rings is 3. The summed E-state index contributed by atoms with van der Waals surface area (Å²) in [6.07, 6.45) is 0. The van der Waals surface area contributed by atoms with Crippen molar-refractivity contribution in [2.75, 3.05) is 0 Å². The van der Waals surface area contributed by atoms with Gasteiger partial charge < -0.3 is 13.6 Å². The highest BCUT2D eigenvalue weighted by atomic mass is 16.6. The molecule has 0 atom stereocenters. The molecule has 144 valence electrons. The fourth-order valence-electron chi connectivity index (χ4n) is 4.13. The Bertz CT molecular complexity index is 1460. The smallest absolute Gasteiger partial charge is 0.301 e. The fraction of sp³-hybridized carbons (Fsp3) is 0.0400. The highest BCUT2D eigenvalue weighted by molar-refractivity contribution is 5.81. The zero-order valence-corrected chi connectivity index (χ0v) is 15.6. The molecule has 2 aromatic heterocycles. The Kier molecular flexibility index (Phi) is 3.47. The zero-order valence-electron chi connectivity index (χ0n) is 15.6. The van der Waals surface area contributed by atoms with Gasteiger partial charge >= 0.3 is 11.9 Å². The molecule has 0 radical (unpaired) electrons. The molecule has 5 aromatic rings. The molecule has 5 nitrogen and oxygen atoms in total. The van der Waals surface area contributed by atoms with E-state index in [0.29, 0.717) is 33.1 Å². The van der Waals surface area contributed by atoms with Crippen molar-refractivity contribution in [3.63, 3.8) is 0 Å². The van der Waals surface area contributed by atoms with Gasteiger partial charge in [0.1, 0.15) is 11.2 Å². The van der Waals surface area contributed by atoms with Crippen LogP contribution in [0.15, 0.2) is 97.3 Å². The summed E-state index contributed by atoms with van der Waals surface area (Å²) >= 11 is 0. The Morgan fingerprint density at radius 1 is 0.567 bits per heavy atom. The Morgan fingerprint density at radius 2 is 1.03 bits per heavy atom. The normalized spacial score (nSPS) is 13.1. The second-order valence-corrected chi connectivity index (χ2v) is 7.20. The summed E-state index contributed by atoms with van der Waals surface area (Å²) in [7, 11) is 0. The molecule has 0 spiro atoms. The van der Waals surface area contributed by atoms with Gasteiger partial charge in [0.05, 0.1) is 27.8 Å². The van der Waals surface area contributed by atoms with E-state index in [1.54, 1.807) is 48.5 Å². The Morgan fingerprint density at radius 3 is 1.57 bits per heavy atom. The average Bonchev–Trinajstić information content (AvgIpc) is 2.79. The lowest BCUT2D eigenvalue weighted by atomic mass is 9.84. The quantitative estimate of drug-likeness (QED) is 0.384. The number of hydrogen-bond acceptors (Lipinski definition) is 5. The van der Waals surface area contributed by atoms with Crippen LogP contribution in [0.5, 0.6) is 11.9 Å². The number of para-hydroxylation sites is 2. The number of ether oxygens (including phenoxy) is 1. The summed E-state index contributed by atoms with van der Waals surface area (Å²) in [4.78, 5) is 26.9. The van der Waals surface area contributed by atoms with Crippen LogP contribution in [0.4, 0.5) is 0 Å². The highest BCUT2D eigenvalue weighted by Gasteiger charge is 2.38. The first-order chi connectivity index (χ1) is 14.7. The molecule has 0 saturated heterocycles. The zero-order chi connectivity index (χ0) is 20.2. The predicted molar refractivity (Wildman–Crippen MR) is 112 cm³/mol. The minimum Gasteiger partial charge on any atom is -0.425 e. The van der Waals surface area contributed by atoms with Gasteiger partial charge in [0.2, 0.25) is 10.9 Å². The van der Waals surface area contributed by atoms with E-state index in [2.05, 4.69) is 0 Å². The minimum atomic E-state index is -0.660. The summed E-state index contributed by atoms with van der Waals surface area (Å²) in [6.45, 7) is 0. The van der Waals surface area contributed by atoms with Crippen LogP contribution in [0.1, 0.15) is 22.6 Å². The largest absolute Gasteiger partial charge is 0.425 e. The molecule has 3 aromatic carbocycles. The molecule has 0 unspecified atom stereocenters. The van der Waals surface area contributed by atoms with Gasteiger partial charge in [-0.1, -0.05) is 54.6 Å². The van der Waals surface area contributed by atoms with Gasteiger partial charge in [-0.25, -0.2) is 0 Å². The van der Waals surface area contributed by atoms with Gasteiger partial charge in [-0.2, -0.15) is 0 Å². The molecular weight excluding hydrogens is 380 g/mol. The summed E-state index contributed by atoms with van der Waals surface area (Å²) in [5.41, 5.74) is 1.77. The third-order valence-electron chi connectivity index (χ3n) is 5.49. The summed E-state index contributed by atoms with van der Waals surface area (Å²) < 4.78 is 17.8. The maximum Gasteiger partial charge on any atom is 0.301 e. The van der Waals surface area contributed by atoms with E-state index in [-0.39, 0.29) is 22.8 Å². The van der Waals surface area contributed by atoms with Crippen molar-refractivity contribution in [1.82, 2.24) is 0 Å². The lowest BCUT2D eigenvalue weighted by Crippen LogP contribution is -2.26. The second-order valence-electron chi connectivity index (χ2n) is 7.20. The van der Waals surface area contributed by atoms with E-state index in [1.165, 1.54) is 0 Å².